The molecule has 57 heavy (non-hydrogen) atoms. The van der Waals surface area contributed by atoms with Crippen molar-refractivity contribution in [2.45, 2.75) is 0 Å². The average Bonchev–Trinajstić information content (AvgIpc) is 4.03. The molecule has 3 nitrogen and oxygen atoms in total. The molecule has 0 atom stereocenters. The van der Waals surface area contributed by atoms with Gasteiger partial charge in [0.2, 0.25) is 0 Å². The SMILES string of the molecule is [2H]c1c(-c2ccc3c(c2)sc2ccccc23)c([2H])c2c(sc3c([2H])c(-c4nc(-c5ccc(-c6ccccc6)cc5)nc(-c5cccc6sc7ccccc7c56)n4)c([2H])c([2H])c32)c1[2H]. The highest BCUT2D eigenvalue weighted by molar-refractivity contribution is 7.26. The minimum Gasteiger partial charge on any atom is -0.208 e. The van der Waals surface area contributed by atoms with Crippen LogP contribution in [-0.4, -0.2) is 15.0 Å². The summed E-state index contributed by atoms with van der Waals surface area (Å²) in [6, 6.07) is 45.6. The Morgan fingerprint density at radius 3 is 1.81 bits per heavy atom. The van der Waals surface area contributed by atoms with Crippen molar-refractivity contribution in [3.05, 3.63) is 176 Å². The van der Waals surface area contributed by atoms with E-state index in [2.05, 4.69) is 42.5 Å². The lowest BCUT2D eigenvalue weighted by atomic mass is 10.0. The van der Waals surface area contributed by atoms with Crippen molar-refractivity contribution in [1.82, 2.24) is 15.0 Å². The molecule has 0 saturated heterocycles. The molecule has 0 aliphatic rings. The third-order valence-electron chi connectivity index (χ3n) is 10.4. The van der Waals surface area contributed by atoms with Crippen molar-refractivity contribution >= 4 is 94.5 Å². The van der Waals surface area contributed by atoms with Crippen LogP contribution < -0.4 is 0 Å². The van der Waals surface area contributed by atoms with E-state index < -0.39 is 0 Å². The minimum atomic E-state index is -0.261. The molecular formula is C51H29N3S3. The molecule has 0 amide bonds. The van der Waals surface area contributed by atoms with Gasteiger partial charge in [-0.1, -0.05) is 133 Å². The van der Waals surface area contributed by atoms with E-state index in [0.29, 0.717) is 32.0 Å². The molecule has 4 aromatic heterocycles. The highest BCUT2D eigenvalue weighted by Gasteiger charge is 2.18. The number of thiophene rings is 3. The van der Waals surface area contributed by atoms with Crippen LogP contribution in [0.5, 0.6) is 0 Å². The largest absolute Gasteiger partial charge is 0.208 e. The summed E-state index contributed by atoms with van der Waals surface area (Å²) in [5, 5.41) is 4.83. The number of benzene rings is 8. The van der Waals surface area contributed by atoms with Gasteiger partial charge in [-0.15, -0.1) is 34.0 Å². The fourth-order valence-corrected chi connectivity index (χ4v) is 10.9. The number of hydrogen-bond donors (Lipinski definition) is 0. The van der Waals surface area contributed by atoms with E-state index in [1.807, 2.05) is 97.1 Å². The molecule has 0 aliphatic carbocycles. The predicted molar refractivity (Wildman–Crippen MR) is 246 cm³/mol. The van der Waals surface area contributed by atoms with Crippen molar-refractivity contribution in [2.24, 2.45) is 0 Å². The maximum absolute atomic E-state index is 9.73. The minimum absolute atomic E-state index is 0.00229. The Kier molecular flexibility index (Phi) is 6.18. The molecule has 0 radical (unpaired) electrons. The molecule has 0 N–H and O–H groups in total. The molecule has 8 aromatic carbocycles. The van der Waals surface area contributed by atoms with Gasteiger partial charge in [-0.05, 0) is 64.6 Å². The lowest BCUT2D eigenvalue weighted by Gasteiger charge is -2.10. The van der Waals surface area contributed by atoms with Crippen molar-refractivity contribution in [2.75, 3.05) is 0 Å². The first kappa shape index (κ1) is 27.1. The standard InChI is InChI=1S/C51H29N3S3/c1-2-9-30(10-3-1)31-17-19-32(20-18-31)49-52-50(54-51(53-49)40-13-8-16-45-48(40)39-12-5-7-15-43(39)55-45)35-22-25-38-41-27-33(23-26-44(41)57-47(38)29-35)34-21-24-37-36-11-4-6-14-42(36)56-46(37)28-34/h1-29H/i22D,23D,25D,26D,27D,29D. The van der Waals surface area contributed by atoms with Crippen LogP contribution in [0.15, 0.2) is 176 Å². The first-order valence-corrected chi connectivity index (χ1v) is 20.9. The quantitative estimate of drug-likeness (QED) is 0.174. The summed E-state index contributed by atoms with van der Waals surface area (Å²) in [6.45, 7) is 0. The van der Waals surface area contributed by atoms with Crippen molar-refractivity contribution in [1.29, 1.82) is 0 Å². The van der Waals surface area contributed by atoms with Gasteiger partial charge in [0.15, 0.2) is 17.5 Å². The predicted octanol–water partition coefficient (Wildman–Crippen LogP) is 15.3. The van der Waals surface area contributed by atoms with Gasteiger partial charge in [-0.2, -0.15) is 0 Å². The molecule has 0 fully saturated rings. The molecule has 12 aromatic rings. The monoisotopic (exact) mass is 785 g/mol. The number of fused-ring (bicyclic) bond motifs is 9. The van der Waals surface area contributed by atoms with Gasteiger partial charge >= 0.3 is 0 Å². The molecule has 0 bridgehead atoms. The molecule has 12 rings (SSSR count). The van der Waals surface area contributed by atoms with E-state index in [1.54, 1.807) is 22.7 Å². The second kappa shape index (κ2) is 13.0. The summed E-state index contributed by atoms with van der Waals surface area (Å²) in [7, 11) is 0. The number of rotatable bonds is 5. The molecule has 0 spiro atoms. The van der Waals surface area contributed by atoms with E-state index >= 15 is 0 Å². The highest BCUT2D eigenvalue weighted by Crippen LogP contribution is 2.42. The zero-order chi connectivity index (χ0) is 42.7. The highest BCUT2D eigenvalue weighted by atomic mass is 32.1. The van der Waals surface area contributed by atoms with Gasteiger partial charge in [0.1, 0.15) is 0 Å². The summed E-state index contributed by atoms with van der Waals surface area (Å²) < 4.78 is 61.8. The smallest absolute Gasteiger partial charge is 0.164 e. The van der Waals surface area contributed by atoms with E-state index in [1.165, 1.54) is 0 Å². The average molecular weight is 786 g/mol. The molecule has 0 saturated carbocycles. The van der Waals surface area contributed by atoms with Gasteiger partial charge in [-0.25, -0.2) is 15.0 Å². The van der Waals surface area contributed by atoms with Gasteiger partial charge in [0, 0.05) is 77.2 Å². The van der Waals surface area contributed by atoms with Crippen molar-refractivity contribution in [3.63, 3.8) is 0 Å². The lowest BCUT2D eigenvalue weighted by molar-refractivity contribution is 1.08. The molecule has 266 valence electrons. The zero-order valence-corrected chi connectivity index (χ0v) is 32.3. The maximum Gasteiger partial charge on any atom is 0.164 e. The fraction of sp³-hybridized carbons (Fsp3) is 0. The number of hydrogen-bond acceptors (Lipinski definition) is 6. The third kappa shape index (κ3) is 5.48. The summed E-state index contributed by atoms with van der Waals surface area (Å²) >= 11 is 4.43. The van der Waals surface area contributed by atoms with E-state index in [4.69, 9.17) is 15.0 Å². The topological polar surface area (TPSA) is 38.7 Å². The van der Waals surface area contributed by atoms with Crippen molar-refractivity contribution in [3.8, 4) is 56.4 Å². The fourth-order valence-electron chi connectivity index (χ4n) is 7.67. The Morgan fingerprint density at radius 1 is 0.333 bits per heavy atom. The first-order valence-electron chi connectivity index (χ1n) is 21.4. The Morgan fingerprint density at radius 2 is 0.947 bits per heavy atom. The van der Waals surface area contributed by atoms with E-state index in [-0.39, 0.29) is 58.6 Å². The van der Waals surface area contributed by atoms with E-state index in [9.17, 15) is 8.22 Å². The Bertz CT molecular complexity index is 3880. The summed E-state index contributed by atoms with van der Waals surface area (Å²) in [4.78, 5) is 15.1. The number of aromatic nitrogens is 3. The number of nitrogens with zero attached hydrogens (tertiary/aromatic N) is 3. The van der Waals surface area contributed by atoms with Gasteiger partial charge < -0.3 is 0 Å². The zero-order valence-electron chi connectivity index (χ0n) is 35.8. The Hall–Kier alpha value is -6.57. The summed E-state index contributed by atoms with van der Waals surface area (Å²) in [5.74, 6) is 0.810. The Balaban J connectivity index is 1.08. The third-order valence-corrected chi connectivity index (χ3v) is 13.7. The molecule has 0 aliphatic heterocycles. The van der Waals surface area contributed by atoms with Crippen LogP contribution in [0, 0.1) is 0 Å². The van der Waals surface area contributed by atoms with Crippen LogP contribution in [0.3, 0.4) is 0 Å². The molecule has 0 unspecified atom stereocenters. The van der Waals surface area contributed by atoms with Crippen molar-refractivity contribution < 1.29 is 8.22 Å². The maximum atomic E-state index is 9.73. The van der Waals surface area contributed by atoms with Gasteiger partial charge in [-0.3, -0.25) is 0 Å². The second-order valence-electron chi connectivity index (χ2n) is 13.8. The van der Waals surface area contributed by atoms with Gasteiger partial charge in [0.05, 0.1) is 8.22 Å². The van der Waals surface area contributed by atoms with Crippen LogP contribution in [0.4, 0.5) is 0 Å². The van der Waals surface area contributed by atoms with Crippen LogP contribution in [0.2, 0.25) is 0 Å². The summed E-state index contributed by atoms with van der Waals surface area (Å²) in [6.07, 6.45) is 0. The molecule has 4 heterocycles. The second-order valence-corrected chi connectivity index (χ2v) is 17.0. The Labute approximate surface area is 348 Å². The van der Waals surface area contributed by atoms with Crippen LogP contribution in [0.25, 0.3) is 117 Å². The molecule has 6 heteroatoms. The lowest BCUT2D eigenvalue weighted by Crippen LogP contribution is -2.00. The summed E-state index contributed by atoms with van der Waals surface area (Å²) in [5.41, 5.74) is 4.58. The van der Waals surface area contributed by atoms with Crippen LogP contribution in [0.1, 0.15) is 8.22 Å². The molecular weight excluding hydrogens is 751 g/mol. The normalized spacial score (nSPS) is 13.3. The van der Waals surface area contributed by atoms with Crippen LogP contribution >= 0.6 is 34.0 Å². The first-order chi connectivity index (χ1) is 30.7. The van der Waals surface area contributed by atoms with Crippen LogP contribution in [-0.2, 0) is 0 Å². The van der Waals surface area contributed by atoms with Gasteiger partial charge in [0.25, 0.3) is 0 Å². The van der Waals surface area contributed by atoms with E-state index in [0.717, 1.165) is 73.9 Å².